The number of non-ortho nitro benzene ring substituents is 1. The van der Waals surface area contributed by atoms with Crippen LogP contribution in [0.5, 0.6) is 11.5 Å². The van der Waals surface area contributed by atoms with Crippen molar-refractivity contribution in [1.82, 2.24) is 0 Å². The van der Waals surface area contributed by atoms with Gasteiger partial charge in [-0.05, 0) is 66.8 Å². The van der Waals surface area contributed by atoms with E-state index in [9.17, 15) is 10.1 Å². The lowest BCUT2D eigenvalue weighted by molar-refractivity contribution is -0.384. The van der Waals surface area contributed by atoms with Gasteiger partial charge < -0.3 is 9.47 Å². The monoisotopic (exact) mass is 402 g/mol. The molecule has 0 fully saturated rings. The van der Waals surface area contributed by atoms with E-state index >= 15 is 0 Å². The molecule has 152 valence electrons. The fourth-order valence-electron chi connectivity index (χ4n) is 2.91. The smallest absolute Gasteiger partial charge is 0.269 e. The van der Waals surface area contributed by atoms with Crippen LogP contribution in [-0.4, -0.2) is 18.1 Å². The van der Waals surface area contributed by atoms with Crippen molar-refractivity contribution in [1.29, 1.82) is 5.26 Å². The average molecular weight is 402 g/mol. The first-order valence-electron chi connectivity index (χ1n) is 9.76. The molecule has 0 aliphatic carbocycles. The zero-order valence-corrected chi connectivity index (χ0v) is 16.5. The van der Waals surface area contributed by atoms with Gasteiger partial charge in [-0.25, -0.2) is 0 Å². The highest BCUT2D eigenvalue weighted by Gasteiger charge is 2.04. The summed E-state index contributed by atoms with van der Waals surface area (Å²) in [5.41, 5.74) is 2.85. The third kappa shape index (κ3) is 6.08. The number of hydrogen-bond acceptors (Lipinski definition) is 5. The molecule has 0 atom stereocenters. The van der Waals surface area contributed by atoms with Crippen LogP contribution in [0.3, 0.4) is 0 Å². The minimum atomic E-state index is -0.426. The van der Waals surface area contributed by atoms with Gasteiger partial charge in [0.05, 0.1) is 29.8 Å². The Balaban J connectivity index is 1.32. The Labute approximate surface area is 175 Å². The second-order valence-electron chi connectivity index (χ2n) is 6.72. The Morgan fingerprint density at radius 2 is 1.20 bits per heavy atom. The molecule has 0 radical (unpaired) electrons. The molecule has 3 aromatic carbocycles. The zero-order chi connectivity index (χ0) is 21.2. The van der Waals surface area contributed by atoms with Crippen molar-refractivity contribution in [3.05, 3.63) is 88.5 Å². The van der Waals surface area contributed by atoms with Gasteiger partial charge >= 0.3 is 0 Å². The third-order valence-electron chi connectivity index (χ3n) is 4.58. The maximum Gasteiger partial charge on any atom is 0.269 e. The molecule has 6 nitrogen and oxygen atoms in total. The maximum atomic E-state index is 10.6. The summed E-state index contributed by atoms with van der Waals surface area (Å²) >= 11 is 0. The van der Waals surface area contributed by atoms with E-state index in [0.717, 1.165) is 36.1 Å². The van der Waals surface area contributed by atoms with E-state index in [-0.39, 0.29) is 5.69 Å². The molecule has 0 aliphatic heterocycles. The number of rotatable bonds is 10. The van der Waals surface area contributed by atoms with Gasteiger partial charge in [0, 0.05) is 12.1 Å². The molecule has 0 aliphatic rings. The number of benzene rings is 3. The topological polar surface area (TPSA) is 85.4 Å². The van der Waals surface area contributed by atoms with Crippen molar-refractivity contribution in [3.8, 4) is 28.7 Å². The lowest BCUT2D eigenvalue weighted by Crippen LogP contribution is -2.01. The standard InChI is InChI=1S/C24H22N2O4/c25-18-19-4-6-20(7-5-19)21-8-12-23(13-9-21)29-16-2-1-3-17-30-24-14-10-22(11-15-24)26(27)28/h4-15H,1-3,16-17H2. The number of ether oxygens (including phenoxy) is 2. The normalized spacial score (nSPS) is 10.2. The van der Waals surface area contributed by atoms with Crippen LogP contribution in [0.15, 0.2) is 72.8 Å². The molecule has 0 saturated carbocycles. The van der Waals surface area contributed by atoms with Gasteiger partial charge in [-0.1, -0.05) is 24.3 Å². The molecule has 0 aromatic heterocycles. The van der Waals surface area contributed by atoms with Crippen LogP contribution in [0, 0.1) is 21.4 Å². The first-order valence-corrected chi connectivity index (χ1v) is 9.76. The van der Waals surface area contributed by atoms with Gasteiger partial charge in [-0.3, -0.25) is 10.1 Å². The van der Waals surface area contributed by atoms with Crippen molar-refractivity contribution < 1.29 is 14.4 Å². The minimum Gasteiger partial charge on any atom is -0.494 e. The van der Waals surface area contributed by atoms with E-state index in [2.05, 4.69) is 6.07 Å². The van der Waals surface area contributed by atoms with E-state index in [1.54, 1.807) is 12.1 Å². The quantitative estimate of drug-likeness (QED) is 0.244. The van der Waals surface area contributed by atoms with Crippen LogP contribution in [0.1, 0.15) is 24.8 Å². The van der Waals surface area contributed by atoms with Gasteiger partial charge in [0.25, 0.3) is 5.69 Å². The number of nitriles is 1. The molecule has 3 aromatic rings. The molecule has 0 spiro atoms. The summed E-state index contributed by atoms with van der Waals surface area (Å²) in [6.45, 7) is 1.20. The maximum absolute atomic E-state index is 10.6. The summed E-state index contributed by atoms with van der Waals surface area (Å²) in [6.07, 6.45) is 2.77. The number of nitro groups is 1. The lowest BCUT2D eigenvalue weighted by atomic mass is 10.0. The number of nitrogens with zero attached hydrogens (tertiary/aromatic N) is 2. The van der Waals surface area contributed by atoms with Crippen LogP contribution in [-0.2, 0) is 0 Å². The Morgan fingerprint density at radius 1 is 0.733 bits per heavy atom. The van der Waals surface area contributed by atoms with Crippen molar-refractivity contribution in [3.63, 3.8) is 0 Å². The summed E-state index contributed by atoms with van der Waals surface area (Å²) < 4.78 is 11.4. The average Bonchev–Trinajstić information content (AvgIpc) is 2.79. The molecule has 3 rings (SSSR count). The summed E-state index contributed by atoms with van der Waals surface area (Å²) in [6, 6.07) is 23.6. The summed E-state index contributed by atoms with van der Waals surface area (Å²) in [7, 11) is 0. The van der Waals surface area contributed by atoms with Gasteiger partial charge in [0.15, 0.2) is 0 Å². The summed E-state index contributed by atoms with van der Waals surface area (Å²) in [4.78, 5) is 10.2. The summed E-state index contributed by atoms with van der Waals surface area (Å²) in [5, 5.41) is 19.5. The van der Waals surface area contributed by atoms with Crippen LogP contribution >= 0.6 is 0 Å². The third-order valence-corrected chi connectivity index (χ3v) is 4.58. The molecule has 6 heteroatoms. The molecular formula is C24H22N2O4. The highest BCUT2D eigenvalue weighted by atomic mass is 16.6. The minimum absolute atomic E-state index is 0.0597. The predicted octanol–water partition coefficient (Wildman–Crippen LogP) is 5.76. The van der Waals surface area contributed by atoms with Gasteiger partial charge in [0.1, 0.15) is 11.5 Å². The van der Waals surface area contributed by atoms with E-state index in [0.29, 0.717) is 24.5 Å². The van der Waals surface area contributed by atoms with E-state index in [1.807, 2.05) is 48.5 Å². The molecule has 0 heterocycles. The largest absolute Gasteiger partial charge is 0.494 e. The van der Waals surface area contributed by atoms with Crippen molar-refractivity contribution in [2.75, 3.05) is 13.2 Å². The molecule has 0 N–H and O–H groups in total. The first-order chi connectivity index (χ1) is 14.7. The van der Waals surface area contributed by atoms with E-state index < -0.39 is 4.92 Å². The van der Waals surface area contributed by atoms with Gasteiger partial charge in [-0.2, -0.15) is 5.26 Å². The fourth-order valence-corrected chi connectivity index (χ4v) is 2.91. The van der Waals surface area contributed by atoms with Crippen molar-refractivity contribution in [2.45, 2.75) is 19.3 Å². The van der Waals surface area contributed by atoms with E-state index in [1.165, 1.54) is 12.1 Å². The molecular weight excluding hydrogens is 380 g/mol. The Kier molecular flexibility index (Phi) is 7.39. The van der Waals surface area contributed by atoms with Crippen LogP contribution in [0.2, 0.25) is 0 Å². The molecule has 0 amide bonds. The first kappa shape index (κ1) is 20.9. The molecule has 30 heavy (non-hydrogen) atoms. The second kappa shape index (κ2) is 10.6. The summed E-state index contributed by atoms with van der Waals surface area (Å²) in [5.74, 6) is 1.47. The lowest BCUT2D eigenvalue weighted by Gasteiger charge is -2.08. The van der Waals surface area contributed by atoms with Gasteiger partial charge in [0.2, 0.25) is 0 Å². The van der Waals surface area contributed by atoms with Crippen molar-refractivity contribution in [2.24, 2.45) is 0 Å². The molecule has 0 saturated heterocycles. The SMILES string of the molecule is N#Cc1ccc(-c2ccc(OCCCCCOc3ccc([N+](=O)[O-])cc3)cc2)cc1. The van der Waals surface area contributed by atoms with Crippen LogP contribution in [0.4, 0.5) is 5.69 Å². The van der Waals surface area contributed by atoms with Gasteiger partial charge in [-0.15, -0.1) is 0 Å². The highest BCUT2D eigenvalue weighted by molar-refractivity contribution is 5.64. The predicted molar refractivity (Wildman–Crippen MR) is 115 cm³/mol. The van der Waals surface area contributed by atoms with Crippen LogP contribution in [0.25, 0.3) is 11.1 Å². The number of unbranched alkanes of at least 4 members (excludes halogenated alkanes) is 2. The molecule has 0 bridgehead atoms. The number of nitro benzene ring substituents is 1. The van der Waals surface area contributed by atoms with Crippen molar-refractivity contribution >= 4 is 5.69 Å². The highest BCUT2D eigenvalue weighted by Crippen LogP contribution is 2.23. The zero-order valence-electron chi connectivity index (χ0n) is 16.5. The second-order valence-corrected chi connectivity index (χ2v) is 6.72. The Hall–Kier alpha value is -3.85. The molecule has 0 unspecified atom stereocenters. The van der Waals surface area contributed by atoms with E-state index in [4.69, 9.17) is 14.7 Å². The van der Waals surface area contributed by atoms with Crippen LogP contribution < -0.4 is 9.47 Å². The Morgan fingerprint density at radius 3 is 1.67 bits per heavy atom. The fraction of sp³-hybridized carbons (Fsp3) is 0.208. The Bertz CT molecular complexity index is 991. The number of hydrogen-bond donors (Lipinski definition) is 0.